The smallest absolute Gasteiger partial charge is 0.329 e. The Bertz CT molecular complexity index is 610. The molecule has 1 fully saturated rings. The number of amides is 1. The molecule has 0 aliphatic carbocycles. The number of nitrogens with one attached hydrogen (secondary N) is 1. The van der Waals surface area contributed by atoms with Crippen LogP contribution in [-0.2, 0) is 4.79 Å². The van der Waals surface area contributed by atoms with Gasteiger partial charge in [-0.2, -0.15) is 0 Å². The predicted octanol–water partition coefficient (Wildman–Crippen LogP) is 0.548. The number of aromatic amines is 1. The van der Waals surface area contributed by atoms with Crippen LogP contribution in [0.15, 0.2) is 11.0 Å². The molecule has 20 heavy (non-hydrogen) atoms. The number of rotatable bonds is 2. The van der Waals surface area contributed by atoms with Gasteiger partial charge >= 0.3 is 5.97 Å². The number of piperidine rings is 1. The zero-order valence-electron chi connectivity index (χ0n) is 11.5. The van der Waals surface area contributed by atoms with Crippen LogP contribution in [0.3, 0.4) is 0 Å². The van der Waals surface area contributed by atoms with E-state index < -0.39 is 23.0 Å². The van der Waals surface area contributed by atoms with Crippen molar-refractivity contribution in [3.63, 3.8) is 0 Å². The second-order valence-corrected chi connectivity index (χ2v) is 5.20. The molecule has 1 atom stereocenters. The van der Waals surface area contributed by atoms with Crippen molar-refractivity contribution in [3.05, 3.63) is 27.9 Å². The van der Waals surface area contributed by atoms with Gasteiger partial charge in [0.15, 0.2) is 0 Å². The molecule has 0 bridgehead atoms. The number of carbonyl (C=O) groups is 2. The van der Waals surface area contributed by atoms with Crippen LogP contribution < -0.4 is 5.56 Å². The van der Waals surface area contributed by atoms with Crippen molar-refractivity contribution in [2.24, 2.45) is 0 Å². The first kappa shape index (κ1) is 14.2. The molecule has 2 rings (SSSR count). The molecule has 1 aromatic heterocycles. The number of carboxylic acid groups (broad SMARTS) is 1. The van der Waals surface area contributed by atoms with E-state index in [-0.39, 0.29) is 5.56 Å². The second kappa shape index (κ2) is 5.07. The van der Waals surface area contributed by atoms with E-state index in [0.29, 0.717) is 18.8 Å². The van der Waals surface area contributed by atoms with Gasteiger partial charge in [-0.25, -0.2) is 9.78 Å². The van der Waals surface area contributed by atoms with Crippen molar-refractivity contribution in [1.29, 1.82) is 0 Å². The van der Waals surface area contributed by atoms with Gasteiger partial charge in [-0.05, 0) is 33.1 Å². The number of hydrogen-bond acceptors (Lipinski definition) is 4. The third-order valence-corrected chi connectivity index (χ3v) is 3.75. The highest BCUT2D eigenvalue weighted by atomic mass is 16.4. The molecular weight excluding hydrogens is 262 g/mol. The Morgan fingerprint density at radius 2 is 2.15 bits per heavy atom. The Morgan fingerprint density at radius 1 is 1.45 bits per heavy atom. The fourth-order valence-electron chi connectivity index (χ4n) is 2.45. The third-order valence-electron chi connectivity index (χ3n) is 3.75. The minimum absolute atomic E-state index is 0.120. The number of aliphatic carboxylic acids is 1. The average Bonchev–Trinajstić information content (AvgIpc) is 2.38. The highest BCUT2D eigenvalue weighted by molar-refractivity contribution is 5.97. The van der Waals surface area contributed by atoms with E-state index in [1.165, 1.54) is 18.0 Å². The molecule has 1 aromatic rings. The summed E-state index contributed by atoms with van der Waals surface area (Å²) >= 11 is 0. The van der Waals surface area contributed by atoms with Crippen LogP contribution in [0.25, 0.3) is 0 Å². The van der Waals surface area contributed by atoms with E-state index in [9.17, 15) is 19.5 Å². The van der Waals surface area contributed by atoms with Crippen molar-refractivity contribution in [1.82, 2.24) is 14.9 Å². The summed E-state index contributed by atoms with van der Waals surface area (Å²) in [6, 6.07) is 0. The Kier molecular flexibility index (Phi) is 3.61. The summed E-state index contributed by atoms with van der Waals surface area (Å²) in [5.41, 5.74) is -1.93. The first-order chi connectivity index (χ1) is 9.36. The van der Waals surface area contributed by atoms with Gasteiger partial charge in [0.05, 0.1) is 0 Å². The summed E-state index contributed by atoms with van der Waals surface area (Å²) in [5.74, 6) is -1.23. The van der Waals surface area contributed by atoms with Crippen LogP contribution in [0.4, 0.5) is 0 Å². The normalized spacial score (nSPS) is 22.6. The summed E-state index contributed by atoms with van der Waals surface area (Å²) in [6.45, 7) is 3.45. The molecule has 1 amide bonds. The fourth-order valence-corrected chi connectivity index (χ4v) is 2.45. The van der Waals surface area contributed by atoms with E-state index in [4.69, 9.17) is 0 Å². The van der Waals surface area contributed by atoms with Crippen LogP contribution >= 0.6 is 0 Å². The van der Waals surface area contributed by atoms with E-state index in [1.54, 1.807) is 6.92 Å². The number of H-pyrrole nitrogens is 1. The number of carboxylic acids is 1. The average molecular weight is 279 g/mol. The van der Waals surface area contributed by atoms with E-state index in [0.717, 1.165) is 12.8 Å². The molecule has 2 N–H and O–H groups in total. The molecule has 7 heteroatoms. The molecule has 1 aliphatic heterocycles. The standard InChI is InChI=1S/C13H17N3O4/c1-8-14-7-9(10(17)15-8)11(18)16-6-4-3-5-13(16,2)12(19)20/h7H,3-6H2,1-2H3,(H,19,20)(H,14,15,17)/t13-/m1/s1. The lowest BCUT2D eigenvalue weighted by Crippen LogP contribution is -2.58. The Hall–Kier alpha value is -2.18. The van der Waals surface area contributed by atoms with Gasteiger partial charge < -0.3 is 15.0 Å². The fraction of sp³-hybridized carbons (Fsp3) is 0.538. The number of hydrogen-bond donors (Lipinski definition) is 2. The molecule has 7 nitrogen and oxygen atoms in total. The molecule has 1 aliphatic rings. The summed E-state index contributed by atoms with van der Waals surface area (Å²) in [5, 5.41) is 9.38. The van der Waals surface area contributed by atoms with Crippen molar-refractivity contribution >= 4 is 11.9 Å². The summed E-state index contributed by atoms with van der Waals surface area (Å²) in [4.78, 5) is 43.4. The van der Waals surface area contributed by atoms with Gasteiger partial charge in [0.25, 0.3) is 11.5 Å². The first-order valence-electron chi connectivity index (χ1n) is 6.47. The Balaban J connectivity index is 2.40. The summed E-state index contributed by atoms with van der Waals surface area (Å²) in [7, 11) is 0. The monoisotopic (exact) mass is 279 g/mol. The topological polar surface area (TPSA) is 103 Å². The predicted molar refractivity (Wildman–Crippen MR) is 70.5 cm³/mol. The largest absolute Gasteiger partial charge is 0.480 e. The Labute approximate surface area is 115 Å². The molecule has 108 valence electrons. The van der Waals surface area contributed by atoms with Crippen molar-refractivity contribution in [3.8, 4) is 0 Å². The highest BCUT2D eigenvalue weighted by Crippen LogP contribution is 2.29. The van der Waals surface area contributed by atoms with Gasteiger partial charge in [0, 0.05) is 12.7 Å². The summed E-state index contributed by atoms with van der Waals surface area (Å²) in [6.07, 6.45) is 3.06. The van der Waals surface area contributed by atoms with Gasteiger partial charge in [0.2, 0.25) is 0 Å². The number of aryl methyl sites for hydroxylation is 1. The van der Waals surface area contributed by atoms with Gasteiger partial charge in [0.1, 0.15) is 16.9 Å². The lowest BCUT2D eigenvalue weighted by Gasteiger charge is -2.41. The summed E-state index contributed by atoms with van der Waals surface area (Å²) < 4.78 is 0. The zero-order chi connectivity index (χ0) is 14.9. The lowest BCUT2D eigenvalue weighted by atomic mass is 9.88. The number of carbonyl (C=O) groups excluding carboxylic acids is 1. The zero-order valence-corrected chi connectivity index (χ0v) is 11.5. The van der Waals surface area contributed by atoms with Crippen LogP contribution in [0, 0.1) is 6.92 Å². The van der Waals surface area contributed by atoms with Crippen LogP contribution in [0.1, 0.15) is 42.4 Å². The molecule has 0 spiro atoms. The minimum atomic E-state index is -1.27. The first-order valence-corrected chi connectivity index (χ1v) is 6.47. The van der Waals surface area contributed by atoms with Gasteiger partial charge in [-0.15, -0.1) is 0 Å². The minimum Gasteiger partial charge on any atom is -0.480 e. The molecule has 0 unspecified atom stereocenters. The quantitative estimate of drug-likeness (QED) is 0.822. The van der Waals surface area contributed by atoms with Crippen LogP contribution in [-0.4, -0.2) is 43.9 Å². The Morgan fingerprint density at radius 3 is 2.75 bits per heavy atom. The van der Waals surface area contributed by atoms with Crippen LogP contribution in [0.2, 0.25) is 0 Å². The van der Waals surface area contributed by atoms with Crippen molar-refractivity contribution in [2.75, 3.05) is 6.54 Å². The molecule has 0 radical (unpaired) electrons. The van der Waals surface area contributed by atoms with Crippen LogP contribution in [0.5, 0.6) is 0 Å². The highest BCUT2D eigenvalue weighted by Gasteiger charge is 2.44. The van der Waals surface area contributed by atoms with Crippen molar-refractivity contribution < 1.29 is 14.7 Å². The maximum atomic E-state index is 12.5. The van der Waals surface area contributed by atoms with E-state index >= 15 is 0 Å². The molecule has 0 saturated carbocycles. The lowest BCUT2D eigenvalue weighted by molar-refractivity contribution is -0.150. The molecular formula is C13H17N3O4. The van der Waals surface area contributed by atoms with Crippen molar-refractivity contribution in [2.45, 2.75) is 38.6 Å². The third kappa shape index (κ3) is 2.31. The number of nitrogens with zero attached hydrogens (tertiary/aromatic N) is 2. The maximum absolute atomic E-state index is 12.5. The number of aromatic nitrogens is 2. The molecule has 2 heterocycles. The van der Waals surface area contributed by atoms with Gasteiger partial charge in [-0.3, -0.25) is 9.59 Å². The van der Waals surface area contributed by atoms with Gasteiger partial charge in [-0.1, -0.05) is 0 Å². The SMILES string of the molecule is Cc1ncc(C(=O)N2CCCC[C@]2(C)C(=O)O)c(=O)[nH]1. The molecule has 1 saturated heterocycles. The van der Waals surface area contributed by atoms with E-state index in [2.05, 4.69) is 9.97 Å². The molecule has 0 aromatic carbocycles. The second-order valence-electron chi connectivity index (χ2n) is 5.20. The van der Waals surface area contributed by atoms with E-state index in [1.807, 2.05) is 0 Å². The maximum Gasteiger partial charge on any atom is 0.329 e. The number of likely N-dealkylation sites (tertiary alicyclic amines) is 1.